The Hall–Kier alpha value is -5.29. The van der Waals surface area contributed by atoms with Crippen LogP contribution in [0.15, 0.2) is 128 Å². The fraction of sp³-hybridized carbons (Fsp3) is 0.167. The van der Waals surface area contributed by atoms with Crippen LogP contribution in [0.5, 0.6) is 23.0 Å². The molecule has 4 heterocycles. The van der Waals surface area contributed by atoms with E-state index in [9.17, 15) is 0 Å². The Labute approximate surface area is 333 Å². The maximum absolute atomic E-state index is 6.54. The van der Waals surface area contributed by atoms with Gasteiger partial charge in [0.05, 0.1) is 0 Å². The molecule has 0 saturated carbocycles. The first kappa shape index (κ1) is 37.0. The molecule has 9 rings (SSSR count). The van der Waals surface area contributed by atoms with E-state index in [1.807, 2.05) is 54.9 Å². The maximum Gasteiger partial charge on any atom is 0.239 e. The number of aromatic nitrogens is 2. The van der Waals surface area contributed by atoms with Gasteiger partial charge in [-0.05, 0) is 82.4 Å². The van der Waals surface area contributed by atoms with Gasteiger partial charge in [-0.1, -0.05) is 123 Å². The first-order valence-electron chi connectivity index (χ1n) is 18.2. The predicted molar refractivity (Wildman–Crippen MR) is 218 cm³/mol. The van der Waals surface area contributed by atoms with Crippen molar-refractivity contribution in [2.45, 2.75) is 48.0 Å². The number of hydrogen-bond donors (Lipinski definition) is 0. The largest absolute Gasteiger partial charge is 0.503 e. The van der Waals surface area contributed by atoms with Crippen molar-refractivity contribution in [3.05, 3.63) is 162 Å². The zero-order chi connectivity index (χ0) is 36.7. The van der Waals surface area contributed by atoms with Crippen molar-refractivity contribution in [1.82, 2.24) is 9.97 Å². The number of nitrogens with zero attached hydrogens (tertiary/aromatic N) is 2. The number of rotatable bonds is 4. The first-order chi connectivity index (χ1) is 25.6. The van der Waals surface area contributed by atoms with Gasteiger partial charge < -0.3 is 19.4 Å². The molecule has 2 aromatic heterocycles. The van der Waals surface area contributed by atoms with Crippen molar-refractivity contribution in [2.24, 2.45) is 5.41 Å². The predicted octanol–water partition coefficient (Wildman–Crippen LogP) is 10.0. The second-order valence-electron chi connectivity index (χ2n) is 15.2. The van der Waals surface area contributed by atoms with Gasteiger partial charge in [-0.15, -0.1) is 47.5 Å². The molecule has 0 bridgehead atoms. The van der Waals surface area contributed by atoms with Gasteiger partial charge in [-0.25, -0.2) is 0 Å². The van der Waals surface area contributed by atoms with Crippen LogP contribution in [0, 0.1) is 38.3 Å². The summed E-state index contributed by atoms with van der Waals surface area (Å²) < 4.78 is 12.9. The van der Waals surface area contributed by atoms with Crippen LogP contribution in [0.4, 0.5) is 0 Å². The first-order valence-corrected chi connectivity index (χ1v) is 18.2. The molecule has 2 aliphatic heterocycles. The van der Waals surface area contributed by atoms with E-state index in [4.69, 9.17) is 14.5 Å². The summed E-state index contributed by atoms with van der Waals surface area (Å²) in [5.74, 6) is 3.36. The minimum Gasteiger partial charge on any atom is -0.503 e. The Kier molecular flexibility index (Phi) is 10.4. The van der Waals surface area contributed by atoms with E-state index in [0.717, 1.165) is 68.3 Å². The summed E-state index contributed by atoms with van der Waals surface area (Å²) in [6.45, 7) is 13.1. The van der Waals surface area contributed by atoms with Crippen molar-refractivity contribution in [3.8, 4) is 56.6 Å². The zero-order valence-electron chi connectivity index (χ0n) is 31.5. The number of pyridine rings is 2. The van der Waals surface area contributed by atoms with Gasteiger partial charge in [0.25, 0.3) is 0 Å². The van der Waals surface area contributed by atoms with Crippen LogP contribution in [0.2, 0.25) is 0 Å². The molecule has 4 nitrogen and oxygen atoms in total. The molecule has 0 fully saturated rings. The molecule has 5 aromatic carbocycles. The van der Waals surface area contributed by atoms with Crippen molar-refractivity contribution >= 4 is 23.1 Å². The fourth-order valence-corrected chi connectivity index (χ4v) is 7.24. The van der Waals surface area contributed by atoms with E-state index in [1.165, 1.54) is 33.4 Å². The van der Waals surface area contributed by atoms with Gasteiger partial charge in [-0.3, -0.25) is 0 Å². The van der Waals surface area contributed by atoms with Gasteiger partial charge in [-0.2, -0.15) is 0 Å². The third-order valence-corrected chi connectivity index (χ3v) is 9.89. The fourth-order valence-electron chi connectivity index (χ4n) is 7.24. The minimum absolute atomic E-state index is 0. The van der Waals surface area contributed by atoms with Crippen molar-refractivity contribution < 1.29 is 29.6 Å². The van der Waals surface area contributed by atoms with Crippen LogP contribution in [0.25, 0.3) is 33.6 Å². The number of aryl methyl sites for hydroxylation is 3. The average molecular weight is 881 g/mol. The van der Waals surface area contributed by atoms with Gasteiger partial charge in [0, 0.05) is 44.0 Å². The van der Waals surface area contributed by atoms with E-state index in [-0.39, 0.29) is 32.2 Å². The van der Waals surface area contributed by atoms with E-state index in [2.05, 4.69) is 131 Å². The summed E-state index contributed by atoms with van der Waals surface area (Å²) in [7, 11) is 0. The molecule has 269 valence electrons. The second kappa shape index (κ2) is 15.2. The summed E-state index contributed by atoms with van der Waals surface area (Å²) in [5.41, 5.74) is 14.7. The Morgan fingerprint density at radius 1 is 0.648 bits per heavy atom. The Morgan fingerprint density at radius 2 is 1.30 bits per heavy atom. The smallest absolute Gasteiger partial charge is 0.239 e. The molecule has 0 saturated heterocycles. The molecule has 54 heavy (non-hydrogen) atoms. The SMILES string of the molecule is Cc1c[c-]c(-c2cc(-c3ccccc3)c(C)cn2)cc1.Cc1cnc(-c2[c-]cc3c4c2Oc2ccccc2B4c2ccccc2O3)cc1CC(C)(C)C.[Ir]. The van der Waals surface area contributed by atoms with Gasteiger partial charge in [0.1, 0.15) is 11.5 Å². The number of para-hydroxylation sites is 2. The summed E-state index contributed by atoms with van der Waals surface area (Å²) >= 11 is 0. The second-order valence-corrected chi connectivity index (χ2v) is 15.2. The molecule has 0 unspecified atom stereocenters. The van der Waals surface area contributed by atoms with Crippen molar-refractivity contribution in [3.63, 3.8) is 0 Å². The number of ether oxygens (including phenoxy) is 2. The minimum atomic E-state index is 0. The van der Waals surface area contributed by atoms with Crippen LogP contribution in [-0.2, 0) is 26.5 Å². The summed E-state index contributed by atoms with van der Waals surface area (Å²) in [6, 6.07) is 46.2. The van der Waals surface area contributed by atoms with E-state index in [0.29, 0.717) is 0 Å². The average Bonchev–Trinajstić information content (AvgIpc) is 3.16. The zero-order valence-corrected chi connectivity index (χ0v) is 33.8. The molecular formula is C48H41BIrN2O2-2. The third kappa shape index (κ3) is 7.42. The molecule has 2 aliphatic rings. The Balaban J connectivity index is 0.000000184. The topological polar surface area (TPSA) is 44.2 Å². The molecule has 6 heteroatoms. The monoisotopic (exact) mass is 881 g/mol. The van der Waals surface area contributed by atoms with Gasteiger partial charge in [0.2, 0.25) is 6.71 Å². The Bertz CT molecular complexity index is 2450. The van der Waals surface area contributed by atoms with Gasteiger partial charge >= 0.3 is 0 Å². The van der Waals surface area contributed by atoms with Crippen LogP contribution >= 0.6 is 0 Å². The normalized spacial score (nSPS) is 12.1. The quantitative estimate of drug-likeness (QED) is 0.131. The van der Waals surface area contributed by atoms with Gasteiger partial charge in [0.15, 0.2) is 0 Å². The van der Waals surface area contributed by atoms with E-state index in [1.54, 1.807) is 0 Å². The number of benzene rings is 5. The molecule has 0 spiro atoms. The summed E-state index contributed by atoms with van der Waals surface area (Å²) in [4.78, 5) is 9.33. The van der Waals surface area contributed by atoms with E-state index >= 15 is 0 Å². The number of fused-ring (bicyclic) bond motifs is 4. The summed E-state index contributed by atoms with van der Waals surface area (Å²) in [5, 5.41) is 0. The molecule has 0 amide bonds. The van der Waals surface area contributed by atoms with Crippen LogP contribution in [-0.4, -0.2) is 16.7 Å². The molecule has 7 aromatic rings. The standard InChI is InChI=1S/C29H25BNO2.C19H16N.Ir/c1-18-17-31-23(15-19(18)16-29(2,3)4)20-13-14-26-27-28(20)33-25-12-8-6-10-22(25)30(27)21-9-5-7-11-24(21)32-26;1-14-8-10-17(11-9-14)19-12-18(15(2)13-20-19)16-6-4-3-5-7-16;/h5-12,14-15,17H,16H2,1-4H3;3-10,12-13H,1-2H3;/q2*-1;. The Morgan fingerprint density at radius 3 is 1.98 bits per heavy atom. The molecule has 1 radical (unpaired) electrons. The molecular weight excluding hydrogens is 840 g/mol. The van der Waals surface area contributed by atoms with Crippen LogP contribution in [0.3, 0.4) is 0 Å². The molecule has 0 aliphatic carbocycles. The van der Waals surface area contributed by atoms with Crippen molar-refractivity contribution in [1.29, 1.82) is 0 Å². The molecule has 0 atom stereocenters. The summed E-state index contributed by atoms with van der Waals surface area (Å²) in [6.07, 6.45) is 4.89. The van der Waals surface area contributed by atoms with Crippen molar-refractivity contribution in [2.75, 3.05) is 0 Å². The number of hydrogen-bond acceptors (Lipinski definition) is 4. The van der Waals surface area contributed by atoms with E-state index < -0.39 is 0 Å². The van der Waals surface area contributed by atoms with Crippen LogP contribution < -0.4 is 25.9 Å². The molecule has 0 N–H and O–H groups in total. The third-order valence-electron chi connectivity index (χ3n) is 9.89. The maximum atomic E-state index is 6.54. The van der Waals surface area contributed by atoms with Crippen LogP contribution in [0.1, 0.15) is 43.0 Å².